The maximum atomic E-state index is 14.9. The number of aromatic amines is 1. The minimum atomic E-state index is -1.58. The van der Waals surface area contributed by atoms with E-state index in [1.54, 1.807) is 42.6 Å². The number of nitrogens with one attached hydrogen (secondary N) is 10. The van der Waals surface area contributed by atoms with Gasteiger partial charge in [-0.15, -0.1) is 0 Å². The molecule has 0 aliphatic carbocycles. The van der Waals surface area contributed by atoms with Crippen molar-refractivity contribution < 1.29 is 58.2 Å². The van der Waals surface area contributed by atoms with Gasteiger partial charge in [-0.05, 0) is 74.0 Å². The summed E-state index contributed by atoms with van der Waals surface area (Å²) in [4.78, 5) is 143. The Labute approximate surface area is 520 Å². The number of carbonyl (C=O) groups is 10. The monoisotopic (exact) mass is 1260 g/mol. The van der Waals surface area contributed by atoms with E-state index >= 15 is 0 Å². The van der Waals surface area contributed by atoms with Crippen LogP contribution in [0, 0.1) is 0 Å². The van der Waals surface area contributed by atoms with E-state index in [-0.39, 0.29) is 49.5 Å². The van der Waals surface area contributed by atoms with E-state index in [2.05, 4.69) is 59.8 Å². The molecule has 25 nitrogen and oxygen atoms in total. The van der Waals surface area contributed by atoms with Crippen LogP contribution >= 0.6 is 21.6 Å². The second-order valence-corrected chi connectivity index (χ2v) is 24.4. The second-order valence-electron chi connectivity index (χ2n) is 21.9. The lowest BCUT2D eigenvalue weighted by molar-refractivity contribution is -0.135. The molecule has 18 N–H and O–H groups in total. The normalized spacial score (nSPS) is 19.2. The number of aliphatic hydroxyl groups excluding tert-OH is 1. The molecule has 1 fully saturated rings. The smallest absolute Gasteiger partial charge is 0.244 e. The number of carbonyl (C=O) groups excluding carboxylic acids is 10. The van der Waals surface area contributed by atoms with Crippen LogP contribution in [0.1, 0.15) is 108 Å². The van der Waals surface area contributed by atoms with E-state index in [1.807, 2.05) is 18.2 Å². The van der Waals surface area contributed by atoms with Crippen LogP contribution in [0.25, 0.3) is 10.9 Å². The van der Waals surface area contributed by atoms with Crippen molar-refractivity contribution in [3.8, 4) is 5.75 Å². The van der Waals surface area contributed by atoms with Gasteiger partial charge < -0.3 is 80.2 Å². The fourth-order valence-electron chi connectivity index (χ4n) is 9.68. The van der Waals surface area contributed by atoms with Crippen molar-refractivity contribution in [1.29, 1.82) is 0 Å². The predicted octanol–water partition coefficient (Wildman–Crippen LogP) is 0.776. The average Bonchev–Trinajstić information content (AvgIpc) is 4.02. The molecule has 3 aromatic carbocycles. The summed E-state index contributed by atoms with van der Waals surface area (Å²) < 4.78 is 0. The average molecular weight is 1260 g/mol. The molecule has 27 heteroatoms. The van der Waals surface area contributed by atoms with Gasteiger partial charge in [0, 0.05) is 47.9 Å². The molecule has 2 heterocycles. The number of rotatable bonds is 31. The molecule has 0 bridgehead atoms. The molecule has 0 saturated carbocycles. The summed E-state index contributed by atoms with van der Waals surface area (Å²) in [7, 11) is 1.93. The number of unbranched alkanes of at least 4 members (excludes halogenated alkanes) is 8. The van der Waals surface area contributed by atoms with E-state index in [1.165, 1.54) is 56.9 Å². The molecule has 1 saturated heterocycles. The molecule has 0 spiro atoms. The van der Waals surface area contributed by atoms with Crippen LogP contribution in [0.2, 0.25) is 0 Å². The van der Waals surface area contributed by atoms with Crippen molar-refractivity contribution in [2.45, 2.75) is 165 Å². The molecule has 1 aliphatic heterocycles. The zero-order chi connectivity index (χ0) is 64.0. The van der Waals surface area contributed by atoms with E-state index in [0.29, 0.717) is 36.0 Å². The number of aliphatic hydroxyl groups is 1. The molecule has 1 aromatic heterocycles. The van der Waals surface area contributed by atoms with Gasteiger partial charge >= 0.3 is 0 Å². The minimum absolute atomic E-state index is 0.0341. The minimum Gasteiger partial charge on any atom is -0.508 e. The summed E-state index contributed by atoms with van der Waals surface area (Å²) in [5, 5.41) is 45.0. The third-order valence-electron chi connectivity index (χ3n) is 14.7. The number of fused-ring (bicyclic) bond motifs is 1. The Morgan fingerprint density at radius 3 is 1.95 bits per heavy atom. The topological polar surface area (TPSA) is 413 Å². The van der Waals surface area contributed by atoms with Crippen molar-refractivity contribution >= 4 is 91.6 Å². The highest BCUT2D eigenvalue weighted by Crippen LogP contribution is 2.25. The molecule has 10 amide bonds. The highest BCUT2D eigenvalue weighted by Gasteiger charge is 2.36. The fourth-order valence-corrected chi connectivity index (χ4v) is 12.0. The van der Waals surface area contributed by atoms with Gasteiger partial charge in [0.05, 0.1) is 25.2 Å². The molecular formula is C61H87N13O12S2. The number of nitrogens with two attached hydrogens (primary N) is 3. The van der Waals surface area contributed by atoms with E-state index in [0.717, 1.165) is 58.2 Å². The van der Waals surface area contributed by atoms with Gasteiger partial charge in [-0.3, -0.25) is 47.9 Å². The van der Waals surface area contributed by atoms with Crippen LogP contribution in [0.3, 0.4) is 0 Å². The highest BCUT2D eigenvalue weighted by atomic mass is 33.1. The number of hydrogen-bond acceptors (Lipinski definition) is 16. The molecule has 5 unspecified atom stereocenters. The molecule has 9 atom stereocenters. The summed E-state index contributed by atoms with van der Waals surface area (Å²) >= 11 is 0. The molecule has 480 valence electrons. The van der Waals surface area contributed by atoms with Crippen LogP contribution in [0.15, 0.2) is 85.1 Å². The number of phenolic OH excluding ortho intramolecular Hbond substituents is 1. The summed E-state index contributed by atoms with van der Waals surface area (Å²) in [6.45, 7) is 2.57. The summed E-state index contributed by atoms with van der Waals surface area (Å²) in [5.41, 5.74) is 19.9. The van der Waals surface area contributed by atoms with E-state index < -0.39 is 127 Å². The predicted molar refractivity (Wildman–Crippen MR) is 337 cm³/mol. The van der Waals surface area contributed by atoms with Gasteiger partial charge in [-0.2, -0.15) is 0 Å². The standard InChI is InChI=1S/C61H87N13O12S2/c1-3-4-5-6-7-8-9-13-21-43(63)55(80)67-33-51(77)66-34-52(78)68-46(29-38-18-11-10-12-19-38)57(82)73-49-35-87-88-36-50(61(86)74-53(37(2)75)54(64)79)72-56(81)45(23-16-17-28-62)69-59(84)48(31-40-32-65-44-22-15-14-20-42(40)44)71-58(83)47(70-60(49)85)30-39-24-26-41(76)27-25-39/h10-12,14-15,18-20,22,24-27,32,37,43,45-50,53,65,75-76H,3-9,13,16-17,21,23,28-31,33-36,62-63H2,1-2H3,(H2,64,79)(H,66,77)(H,67,80)(H,68,78)(H,69,84)(H,70,85)(H,71,83)(H,72,81)(H,73,82)(H,74,86)/t37-,43?,45?,46-,47?,48-,49?,50?,53+/m1/s1. The van der Waals surface area contributed by atoms with Crippen LogP contribution in [-0.2, 0) is 67.2 Å². The summed E-state index contributed by atoms with van der Waals surface area (Å²) in [6.07, 6.45) is 9.68. The maximum absolute atomic E-state index is 14.9. The van der Waals surface area contributed by atoms with Gasteiger partial charge in [-0.25, -0.2) is 0 Å². The van der Waals surface area contributed by atoms with Gasteiger partial charge in [0.25, 0.3) is 0 Å². The number of aromatic nitrogens is 1. The Hall–Kier alpha value is -7.72. The Morgan fingerprint density at radius 2 is 1.27 bits per heavy atom. The van der Waals surface area contributed by atoms with Crippen molar-refractivity contribution in [2.24, 2.45) is 17.2 Å². The Kier molecular flexibility index (Phi) is 30.6. The third-order valence-corrected chi connectivity index (χ3v) is 17.2. The number of para-hydroxylation sites is 1. The molecule has 0 radical (unpaired) electrons. The first kappa shape index (κ1) is 71.0. The quantitative estimate of drug-likeness (QED) is 0.0244. The SMILES string of the molecule is CCCCCCCCCCC(N)C(=O)NCC(=O)NCC(=O)N[C@H](Cc1ccccc1)C(=O)NC1CSSCC(C(=O)N[C@H](C(N)=O)[C@@H](C)O)NC(=O)C(CCCCN)NC(=O)[C@@H](Cc2c[nH]c3ccccc23)NC(=O)C(Cc2ccc(O)cc2)NC1=O. The molecule has 88 heavy (non-hydrogen) atoms. The molecule has 1 aliphatic rings. The molecule has 5 rings (SSSR count). The Morgan fingerprint density at radius 1 is 0.659 bits per heavy atom. The van der Waals surface area contributed by atoms with Gasteiger partial charge in [0.2, 0.25) is 59.1 Å². The van der Waals surface area contributed by atoms with E-state index in [4.69, 9.17) is 17.2 Å². The summed E-state index contributed by atoms with van der Waals surface area (Å²) in [5.74, 6) is -8.89. The zero-order valence-corrected chi connectivity index (χ0v) is 51.6. The Balaban J connectivity index is 1.44. The maximum Gasteiger partial charge on any atom is 0.244 e. The highest BCUT2D eigenvalue weighted by molar-refractivity contribution is 8.76. The van der Waals surface area contributed by atoms with Gasteiger partial charge in [0.1, 0.15) is 48.0 Å². The summed E-state index contributed by atoms with van der Waals surface area (Å²) in [6, 6.07) is 10.7. The number of benzene rings is 3. The number of aromatic hydroxyl groups is 1. The fraction of sp³-hybridized carbons (Fsp3) is 0.508. The van der Waals surface area contributed by atoms with Gasteiger partial charge in [0.15, 0.2) is 0 Å². The first-order chi connectivity index (χ1) is 42.3. The van der Waals surface area contributed by atoms with Crippen LogP contribution < -0.4 is 65.1 Å². The number of phenols is 1. The lowest BCUT2D eigenvalue weighted by atomic mass is 10.0. The van der Waals surface area contributed by atoms with Crippen molar-refractivity contribution in [1.82, 2.24) is 52.8 Å². The van der Waals surface area contributed by atoms with Crippen molar-refractivity contribution in [3.63, 3.8) is 0 Å². The lowest BCUT2D eigenvalue weighted by Crippen LogP contribution is -2.61. The lowest BCUT2D eigenvalue weighted by Gasteiger charge is -2.27. The van der Waals surface area contributed by atoms with Crippen LogP contribution in [-0.4, -0.2) is 160 Å². The number of primary amides is 1. The van der Waals surface area contributed by atoms with Gasteiger partial charge in [-0.1, -0.05) is 141 Å². The van der Waals surface area contributed by atoms with Crippen LogP contribution in [0.5, 0.6) is 5.75 Å². The van der Waals surface area contributed by atoms with Crippen molar-refractivity contribution in [3.05, 3.63) is 102 Å². The molecule has 4 aromatic rings. The van der Waals surface area contributed by atoms with Crippen LogP contribution in [0.4, 0.5) is 0 Å². The number of amides is 10. The van der Waals surface area contributed by atoms with Crippen molar-refractivity contribution in [2.75, 3.05) is 31.1 Å². The largest absolute Gasteiger partial charge is 0.508 e. The first-order valence-corrected chi connectivity index (χ1v) is 32.5. The number of hydrogen-bond donors (Lipinski definition) is 15. The number of H-pyrrole nitrogens is 1. The third kappa shape index (κ3) is 24.4. The first-order valence-electron chi connectivity index (χ1n) is 30.0. The van der Waals surface area contributed by atoms with E-state index in [9.17, 15) is 58.2 Å². The zero-order valence-electron chi connectivity index (χ0n) is 49.9. The second kappa shape index (κ2) is 37.9. The Bertz CT molecular complexity index is 2940. The molecular weight excluding hydrogens is 1170 g/mol.